The fourth-order valence-corrected chi connectivity index (χ4v) is 2.85. The van der Waals surface area contributed by atoms with Crippen molar-refractivity contribution in [1.29, 1.82) is 0 Å². The van der Waals surface area contributed by atoms with Crippen molar-refractivity contribution in [2.75, 3.05) is 11.9 Å². The molecule has 6 heteroatoms. The van der Waals surface area contributed by atoms with Crippen LogP contribution in [0.25, 0.3) is 11.3 Å². The number of halogens is 1. The average molecular weight is 318 g/mol. The van der Waals surface area contributed by atoms with E-state index in [1.807, 2.05) is 0 Å². The maximum absolute atomic E-state index is 13.9. The molecule has 1 aliphatic rings. The summed E-state index contributed by atoms with van der Waals surface area (Å²) in [5, 5.41) is 14.7. The van der Waals surface area contributed by atoms with Crippen LogP contribution in [0.2, 0.25) is 0 Å². The molecule has 0 radical (unpaired) electrons. The number of aliphatic hydroxyl groups excluding tert-OH is 1. The molecule has 1 aromatic carbocycles. The molecule has 0 spiro atoms. The topological polar surface area (TPSA) is 74.5 Å². The maximum Gasteiger partial charge on any atom is 0.319 e. The van der Waals surface area contributed by atoms with E-state index in [9.17, 15) is 14.3 Å². The van der Waals surface area contributed by atoms with Crippen LogP contribution in [0.4, 0.5) is 14.9 Å². The lowest BCUT2D eigenvalue weighted by atomic mass is 10.1. The number of carbonyl (C=O) groups excluding carboxylic acids is 1. The number of carbonyl (C=O) groups is 1. The minimum absolute atomic E-state index is 0.0999. The lowest BCUT2D eigenvalue weighted by Gasteiger charge is -2.12. The molecule has 0 aliphatic heterocycles. The summed E-state index contributed by atoms with van der Waals surface area (Å²) in [5.41, 5.74) is 0.786. The first-order valence-corrected chi connectivity index (χ1v) is 7.68. The molecule has 2 aromatic rings. The second-order valence-corrected chi connectivity index (χ2v) is 5.84. The summed E-state index contributed by atoms with van der Waals surface area (Å²) in [6, 6.07) is 7.48. The molecule has 1 saturated carbocycles. The van der Waals surface area contributed by atoms with E-state index >= 15 is 0 Å². The fraction of sp³-hybridized carbons (Fsp3) is 0.353. The molecule has 3 rings (SSSR count). The van der Waals surface area contributed by atoms with Gasteiger partial charge < -0.3 is 20.2 Å². The van der Waals surface area contributed by atoms with Crippen molar-refractivity contribution >= 4 is 11.7 Å². The van der Waals surface area contributed by atoms with Crippen LogP contribution in [0.1, 0.15) is 19.3 Å². The second-order valence-electron chi connectivity index (χ2n) is 5.84. The van der Waals surface area contributed by atoms with Crippen LogP contribution in [-0.4, -0.2) is 23.8 Å². The Kier molecular flexibility index (Phi) is 4.62. The van der Waals surface area contributed by atoms with Crippen LogP contribution in [0.3, 0.4) is 0 Å². The van der Waals surface area contributed by atoms with Crippen molar-refractivity contribution < 1.29 is 18.7 Å². The zero-order chi connectivity index (χ0) is 16.2. The molecule has 2 atom stereocenters. The zero-order valence-electron chi connectivity index (χ0n) is 12.6. The monoisotopic (exact) mass is 318 g/mol. The predicted molar refractivity (Wildman–Crippen MR) is 84.5 cm³/mol. The molecule has 1 aromatic heterocycles. The Morgan fingerprint density at radius 3 is 2.91 bits per heavy atom. The summed E-state index contributed by atoms with van der Waals surface area (Å²) in [5.74, 6) is 0.371. The van der Waals surface area contributed by atoms with E-state index < -0.39 is 11.8 Å². The number of urea groups is 1. The zero-order valence-corrected chi connectivity index (χ0v) is 12.6. The Bertz CT molecular complexity index is 672. The van der Waals surface area contributed by atoms with Crippen LogP contribution in [-0.2, 0) is 0 Å². The van der Waals surface area contributed by atoms with E-state index in [1.165, 1.54) is 18.4 Å². The number of nitrogens with one attached hydrogen (secondary N) is 2. The largest absolute Gasteiger partial charge is 0.464 e. The molecule has 3 N–H and O–H groups in total. The van der Waals surface area contributed by atoms with Gasteiger partial charge in [-0.1, -0.05) is 0 Å². The Balaban J connectivity index is 1.60. The third-order valence-electron chi connectivity index (χ3n) is 4.09. The van der Waals surface area contributed by atoms with Crippen molar-refractivity contribution in [1.82, 2.24) is 5.32 Å². The lowest BCUT2D eigenvalue weighted by Crippen LogP contribution is -2.32. The van der Waals surface area contributed by atoms with Gasteiger partial charge >= 0.3 is 6.03 Å². The molecular weight excluding hydrogens is 299 g/mol. The van der Waals surface area contributed by atoms with E-state index in [0.29, 0.717) is 24.3 Å². The van der Waals surface area contributed by atoms with Gasteiger partial charge in [-0.05, 0) is 55.5 Å². The Morgan fingerprint density at radius 2 is 2.22 bits per heavy atom. The molecule has 5 nitrogen and oxygen atoms in total. The van der Waals surface area contributed by atoms with Crippen molar-refractivity contribution in [3.8, 4) is 11.3 Å². The van der Waals surface area contributed by atoms with Gasteiger partial charge in [-0.15, -0.1) is 0 Å². The Hall–Kier alpha value is -2.34. The van der Waals surface area contributed by atoms with E-state index in [0.717, 1.165) is 12.8 Å². The number of hydrogen-bond donors (Lipinski definition) is 3. The predicted octanol–water partition coefficient (Wildman–Crippen LogP) is 3.37. The smallest absolute Gasteiger partial charge is 0.319 e. The number of furan rings is 1. The number of amides is 2. The molecule has 1 aliphatic carbocycles. The minimum atomic E-state index is -0.508. The first kappa shape index (κ1) is 15.6. The summed E-state index contributed by atoms with van der Waals surface area (Å²) < 4.78 is 19.1. The molecule has 1 heterocycles. The van der Waals surface area contributed by atoms with Gasteiger partial charge in [0.25, 0.3) is 0 Å². The van der Waals surface area contributed by atoms with Crippen LogP contribution < -0.4 is 10.6 Å². The van der Waals surface area contributed by atoms with Crippen LogP contribution in [0, 0.1) is 11.7 Å². The number of benzene rings is 1. The van der Waals surface area contributed by atoms with Gasteiger partial charge in [-0.25, -0.2) is 9.18 Å². The highest BCUT2D eigenvalue weighted by atomic mass is 19.1. The SMILES string of the molecule is O=C(NCC1CCC(O)C1)Nc1cc(-c2ccco2)ccc1F. The van der Waals surface area contributed by atoms with Gasteiger partial charge in [0.05, 0.1) is 18.1 Å². The molecule has 122 valence electrons. The molecule has 2 unspecified atom stereocenters. The Labute approximate surface area is 133 Å². The molecule has 0 bridgehead atoms. The highest BCUT2D eigenvalue weighted by Gasteiger charge is 2.23. The van der Waals surface area contributed by atoms with Crippen molar-refractivity contribution in [2.45, 2.75) is 25.4 Å². The van der Waals surface area contributed by atoms with Crippen molar-refractivity contribution in [3.05, 3.63) is 42.4 Å². The van der Waals surface area contributed by atoms with Crippen LogP contribution in [0.5, 0.6) is 0 Å². The molecule has 1 fully saturated rings. The summed E-state index contributed by atoms with van der Waals surface area (Å²) in [6.45, 7) is 0.475. The highest BCUT2D eigenvalue weighted by Crippen LogP contribution is 2.26. The first-order valence-electron chi connectivity index (χ1n) is 7.68. The maximum atomic E-state index is 13.9. The van der Waals surface area contributed by atoms with Gasteiger partial charge in [0.2, 0.25) is 0 Å². The standard InChI is InChI=1S/C17H19FN2O3/c18-14-6-4-12(16-2-1-7-23-16)9-15(14)20-17(22)19-10-11-3-5-13(21)8-11/h1-2,4,6-7,9,11,13,21H,3,5,8,10H2,(H2,19,20,22). The van der Waals surface area contributed by atoms with Gasteiger partial charge in [0.15, 0.2) is 0 Å². The van der Waals surface area contributed by atoms with Gasteiger partial charge in [-0.2, -0.15) is 0 Å². The van der Waals surface area contributed by atoms with Crippen LogP contribution in [0.15, 0.2) is 41.0 Å². The second kappa shape index (κ2) is 6.83. The number of hydrogen-bond acceptors (Lipinski definition) is 3. The molecule has 2 amide bonds. The normalized spacial score (nSPS) is 20.4. The van der Waals surface area contributed by atoms with Crippen molar-refractivity contribution in [2.24, 2.45) is 5.92 Å². The Morgan fingerprint density at radius 1 is 1.35 bits per heavy atom. The van der Waals surface area contributed by atoms with Crippen LogP contribution >= 0.6 is 0 Å². The van der Waals surface area contributed by atoms with Gasteiger partial charge in [-0.3, -0.25) is 0 Å². The van der Waals surface area contributed by atoms with E-state index in [-0.39, 0.29) is 17.7 Å². The summed E-state index contributed by atoms with van der Waals surface area (Å²) in [4.78, 5) is 11.9. The summed E-state index contributed by atoms with van der Waals surface area (Å²) >= 11 is 0. The van der Waals surface area contributed by atoms with Gasteiger partial charge in [0.1, 0.15) is 11.6 Å². The summed E-state index contributed by atoms with van der Waals surface area (Å²) in [7, 11) is 0. The molecule has 0 saturated heterocycles. The third-order valence-corrected chi connectivity index (χ3v) is 4.09. The fourth-order valence-electron chi connectivity index (χ4n) is 2.85. The minimum Gasteiger partial charge on any atom is -0.464 e. The molecule has 23 heavy (non-hydrogen) atoms. The van der Waals surface area contributed by atoms with E-state index in [2.05, 4.69) is 10.6 Å². The summed E-state index contributed by atoms with van der Waals surface area (Å²) in [6.07, 6.45) is 3.63. The first-order chi connectivity index (χ1) is 11.1. The lowest BCUT2D eigenvalue weighted by molar-refractivity contribution is 0.177. The van der Waals surface area contributed by atoms with E-state index in [4.69, 9.17) is 4.42 Å². The number of aliphatic hydroxyl groups is 1. The van der Waals surface area contributed by atoms with E-state index in [1.54, 1.807) is 18.2 Å². The quantitative estimate of drug-likeness (QED) is 0.809. The molecular formula is C17H19FN2O3. The average Bonchev–Trinajstić information content (AvgIpc) is 3.19. The van der Waals surface area contributed by atoms with Crippen molar-refractivity contribution in [3.63, 3.8) is 0 Å². The van der Waals surface area contributed by atoms with Gasteiger partial charge in [0, 0.05) is 12.1 Å². The number of anilines is 1. The third kappa shape index (κ3) is 3.90. The highest BCUT2D eigenvalue weighted by molar-refractivity contribution is 5.90. The number of rotatable bonds is 4.